The summed E-state index contributed by atoms with van der Waals surface area (Å²) in [7, 11) is 2.83. The van der Waals surface area contributed by atoms with Gasteiger partial charge in [0.1, 0.15) is 24.0 Å². The molecule has 2 aromatic carbocycles. The van der Waals surface area contributed by atoms with Crippen molar-refractivity contribution in [3.05, 3.63) is 77.0 Å². The Morgan fingerprint density at radius 3 is 2.59 bits per heavy atom. The van der Waals surface area contributed by atoms with Gasteiger partial charge in [0.15, 0.2) is 0 Å². The third-order valence-corrected chi connectivity index (χ3v) is 7.32. The zero-order chi connectivity index (χ0) is 26.6. The molecule has 0 amide bonds. The minimum Gasteiger partial charge on any atom is -0.489 e. The largest absolute Gasteiger partial charge is 0.489 e. The number of carbonyl (C=O) groups excluding carboxylic acids is 1. The van der Waals surface area contributed by atoms with Gasteiger partial charge in [0.2, 0.25) is 5.88 Å². The van der Waals surface area contributed by atoms with Gasteiger partial charge in [0, 0.05) is 23.6 Å². The van der Waals surface area contributed by atoms with E-state index in [0.717, 1.165) is 36.6 Å². The molecule has 3 aromatic rings. The second kappa shape index (κ2) is 11.3. The van der Waals surface area contributed by atoms with Crippen LogP contribution in [0.2, 0.25) is 0 Å². The SMILES string of the molecule is COC(=O)CCc1cccc(OCc2cc(C3CCCC3(C)C)c(-c3cc(OC)ncc3F)cc2F)c1. The summed E-state index contributed by atoms with van der Waals surface area (Å²) in [5.74, 6) is -0.274. The Kier molecular flexibility index (Phi) is 8.10. The number of hydrogen-bond acceptors (Lipinski definition) is 5. The number of halogens is 2. The number of methoxy groups -OCH3 is 2. The van der Waals surface area contributed by atoms with Crippen molar-refractivity contribution in [3.8, 4) is 22.8 Å². The first kappa shape index (κ1) is 26.6. The molecule has 0 aliphatic heterocycles. The van der Waals surface area contributed by atoms with Crippen LogP contribution in [-0.2, 0) is 22.6 Å². The van der Waals surface area contributed by atoms with Gasteiger partial charge in [-0.05, 0) is 71.6 Å². The van der Waals surface area contributed by atoms with E-state index in [4.69, 9.17) is 14.2 Å². The van der Waals surface area contributed by atoms with Crippen LogP contribution in [0.25, 0.3) is 11.1 Å². The molecule has 1 unspecified atom stereocenters. The summed E-state index contributed by atoms with van der Waals surface area (Å²) in [6.07, 6.45) is 4.95. The molecule has 1 atom stereocenters. The lowest BCUT2D eigenvalue weighted by Gasteiger charge is -2.30. The van der Waals surface area contributed by atoms with Crippen molar-refractivity contribution in [2.24, 2.45) is 5.41 Å². The Morgan fingerprint density at radius 2 is 1.89 bits per heavy atom. The summed E-state index contributed by atoms with van der Waals surface area (Å²) >= 11 is 0. The van der Waals surface area contributed by atoms with Crippen LogP contribution in [0.15, 0.2) is 48.7 Å². The predicted molar refractivity (Wildman–Crippen MR) is 138 cm³/mol. The summed E-state index contributed by atoms with van der Waals surface area (Å²) in [5, 5.41) is 0. The van der Waals surface area contributed by atoms with Crippen LogP contribution in [0, 0.1) is 17.0 Å². The average molecular weight is 510 g/mol. The first-order chi connectivity index (χ1) is 17.7. The van der Waals surface area contributed by atoms with Gasteiger partial charge in [-0.3, -0.25) is 4.79 Å². The molecule has 0 spiro atoms. The number of pyridine rings is 1. The quantitative estimate of drug-likeness (QED) is 0.290. The highest BCUT2D eigenvalue weighted by molar-refractivity contribution is 5.71. The van der Waals surface area contributed by atoms with Crippen LogP contribution in [0.4, 0.5) is 8.78 Å². The zero-order valence-corrected chi connectivity index (χ0v) is 21.8. The Labute approximate surface area is 216 Å². The maximum absolute atomic E-state index is 15.4. The van der Waals surface area contributed by atoms with E-state index in [1.165, 1.54) is 26.4 Å². The predicted octanol–water partition coefficient (Wildman–Crippen LogP) is 7.01. The first-order valence-electron chi connectivity index (χ1n) is 12.5. The molecule has 4 rings (SSSR count). The molecule has 7 heteroatoms. The highest BCUT2D eigenvalue weighted by atomic mass is 19.1. The van der Waals surface area contributed by atoms with E-state index >= 15 is 4.39 Å². The summed E-state index contributed by atoms with van der Waals surface area (Å²) in [6.45, 7) is 4.43. The highest BCUT2D eigenvalue weighted by Crippen LogP contribution is 2.51. The molecule has 1 aromatic heterocycles. The lowest BCUT2D eigenvalue weighted by atomic mass is 9.75. The van der Waals surface area contributed by atoms with Crippen LogP contribution in [0.1, 0.15) is 62.1 Å². The average Bonchev–Trinajstić information content (AvgIpc) is 3.25. The van der Waals surface area contributed by atoms with E-state index in [9.17, 15) is 9.18 Å². The summed E-state index contributed by atoms with van der Waals surface area (Å²) in [6, 6.07) is 12.1. The molecule has 1 aliphatic carbocycles. The molecule has 1 fully saturated rings. The number of hydrogen-bond donors (Lipinski definition) is 0. The number of aryl methyl sites for hydroxylation is 1. The van der Waals surface area contributed by atoms with Gasteiger partial charge < -0.3 is 14.2 Å². The second-order valence-electron chi connectivity index (χ2n) is 10.2. The summed E-state index contributed by atoms with van der Waals surface area (Å²) in [5.41, 5.74) is 3.02. The first-order valence-corrected chi connectivity index (χ1v) is 12.5. The minimum atomic E-state index is -0.523. The fourth-order valence-electron chi connectivity index (χ4n) is 5.21. The Morgan fingerprint density at radius 1 is 1.08 bits per heavy atom. The number of carbonyl (C=O) groups is 1. The molecule has 0 N–H and O–H groups in total. The molecule has 1 aliphatic rings. The third-order valence-electron chi connectivity index (χ3n) is 7.32. The molecule has 1 saturated carbocycles. The monoisotopic (exact) mass is 509 g/mol. The summed E-state index contributed by atoms with van der Waals surface area (Å²) < 4.78 is 46.2. The van der Waals surface area contributed by atoms with Crippen molar-refractivity contribution >= 4 is 5.97 Å². The normalized spacial score (nSPS) is 16.4. The molecular weight excluding hydrogens is 476 g/mol. The maximum atomic E-state index is 15.4. The van der Waals surface area contributed by atoms with Gasteiger partial charge in [-0.15, -0.1) is 0 Å². The van der Waals surface area contributed by atoms with Gasteiger partial charge in [0.25, 0.3) is 0 Å². The topological polar surface area (TPSA) is 57.7 Å². The molecule has 5 nitrogen and oxygen atoms in total. The van der Waals surface area contributed by atoms with E-state index < -0.39 is 11.6 Å². The number of benzene rings is 2. The Balaban J connectivity index is 1.66. The van der Waals surface area contributed by atoms with Crippen LogP contribution in [0.5, 0.6) is 11.6 Å². The molecule has 1 heterocycles. The molecule has 196 valence electrons. The molecule has 37 heavy (non-hydrogen) atoms. The van der Waals surface area contributed by atoms with Gasteiger partial charge in [-0.25, -0.2) is 13.8 Å². The third kappa shape index (κ3) is 6.09. The van der Waals surface area contributed by atoms with Crippen molar-refractivity contribution in [1.29, 1.82) is 0 Å². The number of rotatable bonds is 9. The summed E-state index contributed by atoms with van der Waals surface area (Å²) in [4.78, 5) is 15.4. The molecular formula is C30H33F2NO4. The van der Waals surface area contributed by atoms with Gasteiger partial charge >= 0.3 is 5.97 Å². The standard InChI is InChI=1S/C30H33F2NO4/c1-30(2)12-6-9-25(30)23-14-20(18-37-21-8-5-7-19(13-21)10-11-29(34)36-4)26(31)15-22(23)24-16-28(35-3)33-17-27(24)32/h5,7-8,13-17,25H,6,9-12,18H2,1-4H3. The molecule has 0 bridgehead atoms. The Bertz CT molecular complexity index is 1270. The molecule has 0 radical (unpaired) electrons. The zero-order valence-electron chi connectivity index (χ0n) is 21.8. The maximum Gasteiger partial charge on any atom is 0.305 e. The lowest BCUT2D eigenvalue weighted by Crippen LogP contribution is -2.17. The van der Waals surface area contributed by atoms with Crippen LogP contribution < -0.4 is 9.47 Å². The van der Waals surface area contributed by atoms with E-state index in [0.29, 0.717) is 23.3 Å². The van der Waals surface area contributed by atoms with E-state index in [1.807, 2.05) is 24.3 Å². The van der Waals surface area contributed by atoms with E-state index in [1.54, 1.807) is 6.07 Å². The van der Waals surface area contributed by atoms with Crippen molar-refractivity contribution in [2.45, 2.75) is 58.5 Å². The van der Waals surface area contributed by atoms with Crippen molar-refractivity contribution in [1.82, 2.24) is 4.98 Å². The smallest absolute Gasteiger partial charge is 0.305 e. The number of ether oxygens (including phenoxy) is 3. The van der Waals surface area contributed by atoms with Crippen molar-refractivity contribution < 1.29 is 27.8 Å². The number of aromatic nitrogens is 1. The van der Waals surface area contributed by atoms with Gasteiger partial charge in [-0.2, -0.15) is 0 Å². The van der Waals surface area contributed by atoms with E-state index in [2.05, 4.69) is 18.8 Å². The van der Waals surface area contributed by atoms with Crippen LogP contribution in [0.3, 0.4) is 0 Å². The number of nitrogens with zero attached hydrogens (tertiary/aromatic N) is 1. The van der Waals surface area contributed by atoms with Gasteiger partial charge in [-0.1, -0.05) is 32.4 Å². The Hall–Kier alpha value is -3.48. The van der Waals surface area contributed by atoms with Gasteiger partial charge in [0.05, 0.1) is 20.4 Å². The van der Waals surface area contributed by atoms with Crippen molar-refractivity contribution in [2.75, 3.05) is 14.2 Å². The fourth-order valence-corrected chi connectivity index (χ4v) is 5.21. The fraction of sp³-hybridized carbons (Fsp3) is 0.400. The van der Waals surface area contributed by atoms with Crippen molar-refractivity contribution in [3.63, 3.8) is 0 Å². The van der Waals surface area contributed by atoms with Crippen LogP contribution >= 0.6 is 0 Å². The second-order valence-corrected chi connectivity index (χ2v) is 10.2. The molecule has 0 saturated heterocycles. The number of esters is 1. The highest BCUT2D eigenvalue weighted by Gasteiger charge is 2.37. The minimum absolute atomic E-state index is 0.00767. The van der Waals surface area contributed by atoms with Crippen LogP contribution in [-0.4, -0.2) is 25.2 Å². The van der Waals surface area contributed by atoms with E-state index in [-0.39, 0.29) is 41.8 Å². The lowest BCUT2D eigenvalue weighted by molar-refractivity contribution is -0.140.